The van der Waals surface area contributed by atoms with Gasteiger partial charge in [-0.05, 0) is 49.4 Å². The fourth-order valence-corrected chi connectivity index (χ4v) is 4.88. The van der Waals surface area contributed by atoms with Crippen LogP contribution in [0.1, 0.15) is 22.5 Å². The number of benzene rings is 1. The van der Waals surface area contributed by atoms with Crippen LogP contribution >= 0.6 is 35.3 Å². The quantitative estimate of drug-likeness (QED) is 0.530. The lowest BCUT2D eigenvalue weighted by Gasteiger charge is -2.27. The first-order valence-corrected chi connectivity index (χ1v) is 12.3. The third-order valence-corrected chi connectivity index (χ3v) is 6.86. The van der Waals surface area contributed by atoms with E-state index in [1.165, 1.54) is 4.90 Å². The molecule has 0 bridgehead atoms. The Morgan fingerprint density at radius 2 is 1.81 bits per heavy atom. The van der Waals surface area contributed by atoms with E-state index in [1.54, 1.807) is 41.3 Å². The molecule has 1 atom stereocenters. The molecule has 13 heteroatoms. The molecule has 0 saturated carbocycles. The molecule has 4 amide bonds. The van der Waals surface area contributed by atoms with Crippen molar-refractivity contribution in [2.24, 2.45) is 5.73 Å². The maximum absolute atomic E-state index is 13.0. The Labute approximate surface area is 223 Å². The van der Waals surface area contributed by atoms with Crippen molar-refractivity contribution in [2.75, 3.05) is 49.2 Å². The second-order valence-electron chi connectivity index (χ2n) is 8.04. The number of ether oxygens (including phenoxy) is 2. The molecule has 1 aromatic carbocycles. The van der Waals surface area contributed by atoms with Crippen LogP contribution in [0.5, 0.6) is 0 Å². The van der Waals surface area contributed by atoms with Crippen LogP contribution in [-0.4, -0.2) is 74.2 Å². The van der Waals surface area contributed by atoms with E-state index in [0.717, 1.165) is 16.2 Å². The molecular formula is C23H26Cl2N4O6S. The SMILES string of the molecule is Cl.NCCCC(=O)N(C[C@H]1CN(c2ccc(N3CCOCC3=O)cc2)C(=O)O1)C(=O)c1ccc(Cl)s1. The summed E-state index contributed by atoms with van der Waals surface area (Å²) in [5, 5.41) is 0. The number of carbonyl (C=O) groups excluding carboxylic acids is 4. The normalized spacial score (nSPS) is 17.6. The molecule has 0 aliphatic carbocycles. The van der Waals surface area contributed by atoms with Crippen LogP contribution in [0.2, 0.25) is 4.34 Å². The Bertz CT molecular complexity index is 1110. The maximum Gasteiger partial charge on any atom is 0.414 e. The van der Waals surface area contributed by atoms with E-state index in [2.05, 4.69) is 0 Å². The molecule has 2 aromatic rings. The van der Waals surface area contributed by atoms with Gasteiger partial charge in [-0.3, -0.25) is 24.2 Å². The third kappa shape index (κ3) is 6.34. The first-order chi connectivity index (χ1) is 16.9. The van der Waals surface area contributed by atoms with Crippen molar-refractivity contribution in [3.63, 3.8) is 0 Å². The molecule has 194 valence electrons. The second kappa shape index (κ2) is 12.5. The molecule has 4 rings (SSSR count). The number of anilines is 2. The van der Waals surface area contributed by atoms with Crippen molar-refractivity contribution in [3.05, 3.63) is 45.6 Å². The molecule has 2 saturated heterocycles. The zero-order valence-corrected chi connectivity index (χ0v) is 21.7. The van der Waals surface area contributed by atoms with Crippen LogP contribution in [-0.2, 0) is 19.1 Å². The standard InChI is InChI=1S/C23H25ClN4O6S.ClH/c24-19-8-7-18(35-19)22(31)28(20(29)2-1-9-25)13-17-12-27(23(32)34-17)16-5-3-15(4-6-16)26-10-11-33-14-21(26)30;/h3-8,17H,1-2,9-14,25H2;1H/t17-;/m1./s1. The van der Waals surface area contributed by atoms with Gasteiger partial charge in [0.2, 0.25) is 5.91 Å². The number of nitrogens with two attached hydrogens (primary N) is 1. The molecule has 10 nitrogen and oxygen atoms in total. The van der Waals surface area contributed by atoms with Gasteiger partial charge in [-0.1, -0.05) is 11.6 Å². The lowest BCUT2D eigenvalue weighted by molar-refractivity contribution is -0.129. The van der Waals surface area contributed by atoms with E-state index in [4.69, 9.17) is 26.8 Å². The monoisotopic (exact) mass is 556 g/mol. The number of amides is 4. The Morgan fingerprint density at radius 1 is 1.11 bits per heavy atom. The van der Waals surface area contributed by atoms with E-state index in [-0.39, 0.29) is 50.3 Å². The summed E-state index contributed by atoms with van der Waals surface area (Å²) in [6.07, 6.45) is -0.745. The minimum absolute atomic E-state index is 0. The number of cyclic esters (lactones) is 1. The fraction of sp³-hybridized carbons (Fsp3) is 0.391. The van der Waals surface area contributed by atoms with Gasteiger partial charge in [-0.2, -0.15) is 0 Å². The van der Waals surface area contributed by atoms with E-state index < -0.39 is 18.1 Å². The van der Waals surface area contributed by atoms with Gasteiger partial charge in [0.15, 0.2) is 0 Å². The Kier molecular flexibility index (Phi) is 9.69. The number of rotatable bonds is 8. The summed E-state index contributed by atoms with van der Waals surface area (Å²) >= 11 is 7.04. The lowest BCUT2D eigenvalue weighted by atomic mass is 10.2. The summed E-state index contributed by atoms with van der Waals surface area (Å²) in [7, 11) is 0. The Hall–Kier alpha value is -2.70. The smallest absolute Gasteiger partial charge is 0.414 e. The van der Waals surface area contributed by atoms with E-state index in [9.17, 15) is 19.2 Å². The molecule has 2 fully saturated rings. The number of thiophene rings is 1. The largest absolute Gasteiger partial charge is 0.442 e. The summed E-state index contributed by atoms with van der Waals surface area (Å²) in [5.74, 6) is -1.00. The number of hydrogen-bond acceptors (Lipinski definition) is 8. The Morgan fingerprint density at radius 3 is 2.42 bits per heavy atom. The van der Waals surface area contributed by atoms with Crippen molar-refractivity contribution >= 4 is 70.5 Å². The summed E-state index contributed by atoms with van der Waals surface area (Å²) < 4.78 is 11.1. The molecule has 1 aromatic heterocycles. The highest BCUT2D eigenvalue weighted by Gasteiger charge is 2.36. The minimum Gasteiger partial charge on any atom is -0.442 e. The van der Waals surface area contributed by atoms with Crippen molar-refractivity contribution in [1.82, 2.24) is 4.90 Å². The summed E-state index contributed by atoms with van der Waals surface area (Å²) in [4.78, 5) is 55.0. The van der Waals surface area contributed by atoms with Crippen LogP contribution in [0.4, 0.5) is 16.2 Å². The highest BCUT2D eigenvalue weighted by molar-refractivity contribution is 7.18. The van der Waals surface area contributed by atoms with Crippen molar-refractivity contribution in [2.45, 2.75) is 18.9 Å². The van der Waals surface area contributed by atoms with Gasteiger partial charge in [0.1, 0.15) is 12.7 Å². The van der Waals surface area contributed by atoms with E-state index in [1.807, 2.05) is 0 Å². The summed E-state index contributed by atoms with van der Waals surface area (Å²) in [6, 6.07) is 10.1. The van der Waals surface area contributed by atoms with Gasteiger partial charge in [0.25, 0.3) is 11.8 Å². The number of morpholine rings is 1. The van der Waals surface area contributed by atoms with E-state index >= 15 is 0 Å². The second-order valence-corrected chi connectivity index (χ2v) is 9.75. The number of halogens is 2. The minimum atomic E-state index is -0.704. The van der Waals surface area contributed by atoms with Gasteiger partial charge in [-0.15, -0.1) is 23.7 Å². The van der Waals surface area contributed by atoms with Gasteiger partial charge < -0.3 is 20.1 Å². The van der Waals surface area contributed by atoms with Crippen LogP contribution in [0.25, 0.3) is 0 Å². The van der Waals surface area contributed by atoms with Gasteiger partial charge in [-0.25, -0.2) is 4.79 Å². The zero-order chi connectivity index (χ0) is 24.9. The number of imide groups is 1. The fourth-order valence-electron chi connectivity index (χ4n) is 3.88. The zero-order valence-electron chi connectivity index (χ0n) is 19.3. The van der Waals surface area contributed by atoms with Crippen LogP contribution in [0.3, 0.4) is 0 Å². The molecule has 0 radical (unpaired) electrons. The first kappa shape index (κ1) is 27.9. The predicted molar refractivity (Wildman–Crippen MR) is 138 cm³/mol. The van der Waals surface area contributed by atoms with Gasteiger partial charge in [0, 0.05) is 24.3 Å². The summed E-state index contributed by atoms with van der Waals surface area (Å²) in [5.41, 5.74) is 6.82. The Balaban J connectivity index is 0.00000361. The average molecular weight is 557 g/mol. The maximum atomic E-state index is 13.0. The highest BCUT2D eigenvalue weighted by atomic mass is 35.5. The first-order valence-electron chi connectivity index (χ1n) is 11.1. The molecule has 0 spiro atoms. The van der Waals surface area contributed by atoms with Crippen LogP contribution in [0, 0.1) is 0 Å². The molecule has 36 heavy (non-hydrogen) atoms. The third-order valence-electron chi connectivity index (χ3n) is 5.64. The van der Waals surface area contributed by atoms with Crippen molar-refractivity contribution in [1.29, 1.82) is 0 Å². The number of carbonyl (C=O) groups is 4. The van der Waals surface area contributed by atoms with E-state index in [0.29, 0.717) is 46.7 Å². The summed E-state index contributed by atoms with van der Waals surface area (Å²) in [6.45, 7) is 1.36. The van der Waals surface area contributed by atoms with Crippen LogP contribution in [0.15, 0.2) is 36.4 Å². The number of nitrogens with zero attached hydrogens (tertiary/aromatic N) is 3. The van der Waals surface area contributed by atoms with Crippen LogP contribution < -0.4 is 15.5 Å². The lowest BCUT2D eigenvalue weighted by Crippen LogP contribution is -2.43. The molecule has 3 heterocycles. The molecule has 0 unspecified atom stereocenters. The molecular weight excluding hydrogens is 531 g/mol. The average Bonchev–Trinajstić information content (AvgIpc) is 3.46. The molecule has 2 N–H and O–H groups in total. The molecule has 2 aliphatic rings. The van der Waals surface area contributed by atoms with Crippen molar-refractivity contribution in [3.8, 4) is 0 Å². The predicted octanol–water partition coefficient (Wildman–Crippen LogP) is 2.92. The highest BCUT2D eigenvalue weighted by Crippen LogP contribution is 2.27. The van der Waals surface area contributed by atoms with Gasteiger partial charge in [0.05, 0.1) is 28.9 Å². The molecule has 2 aliphatic heterocycles. The van der Waals surface area contributed by atoms with Gasteiger partial charge >= 0.3 is 6.09 Å². The topological polar surface area (TPSA) is 122 Å². The number of hydrogen-bond donors (Lipinski definition) is 1. The van der Waals surface area contributed by atoms with Crippen molar-refractivity contribution < 1.29 is 28.7 Å².